The number of ketones is 1. The van der Waals surface area contributed by atoms with E-state index in [9.17, 15) is 24.4 Å². The molecule has 2 aromatic rings. The Bertz CT molecular complexity index is 1150. The highest BCUT2D eigenvalue weighted by atomic mass is 79.9. The number of nitrogens with zero attached hydrogens (tertiary/aromatic N) is 3. The zero-order chi connectivity index (χ0) is 24.8. The Kier molecular flexibility index (Phi) is 8.36. The summed E-state index contributed by atoms with van der Waals surface area (Å²) < 4.78 is 13.6. The molecular formula is C24H25BrFN5O3. The van der Waals surface area contributed by atoms with Crippen LogP contribution < -0.4 is 10.8 Å². The number of carbonyl (C=O) groups is 2. The highest BCUT2D eigenvalue weighted by molar-refractivity contribution is 9.10. The largest absolute Gasteiger partial charge is 0.324 e. The molecule has 1 heterocycles. The summed E-state index contributed by atoms with van der Waals surface area (Å²) in [5.41, 5.74) is 4.20. The fourth-order valence-corrected chi connectivity index (χ4v) is 4.15. The van der Waals surface area contributed by atoms with E-state index in [-0.39, 0.29) is 28.0 Å². The maximum absolute atomic E-state index is 13.4. The van der Waals surface area contributed by atoms with E-state index in [1.54, 1.807) is 23.1 Å². The van der Waals surface area contributed by atoms with E-state index in [0.717, 1.165) is 5.56 Å². The standard InChI is InChI=1S/C24H25BrFN5O3/c1-14(2)19-11-17(4-3-16(19)13-27)29-24(33)31-9-7-15(8-10-31)22(32)23(30-34)28-18-5-6-21(26)20(25)12-18/h3-6,11-12,14-15,34H,7-10H2,1-2H3,(H,28,30)(H,29,33). The monoisotopic (exact) mass is 529 g/mol. The molecule has 0 radical (unpaired) electrons. The smallest absolute Gasteiger partial charge is 0.321 e. The van der Waals surface area contributed by atoms with Gasteiger partial charge in [-0.3, -0.25) is 10.0 Å². The van der Waals surface area contributed by atoms with Crippen molar-refractivity contribution in [1.82, 2.24) is 10.4 Å². The molecule has 0 aliphatic carbocycles. The number of nitrogens with one attached hydrogen (secondary N) is 2. The first kappa shape index (κ1) is 25.3. The van der Waals surface area contributed by atoms with Crippen molar-refractivity contribution in [3.8, 4) is 6.07 Å². The lowest BCUT2D eigenvalue weighted by atomic mass is 9.92. The average molecular weight is 530 g/mol. The molecule has 3 N–H and O–H groups in total. The van der Waals surface area contributed by atoms with Crippen LogP contribution >= 0.6 is 15.9 Å². The minimum atomic E-state index is -0.462. The summed E-state index contributed by atoms with van der Waals surface area (Å²) in [7, 11) is 0. The summed E-state index contributed by atoms with van der Waals surface area (Å²) >= 11 is 3.06. The lowest BCUT2D eigenvalue weighted by Crippen LogP contribution is -2.44. The van der Waals surface area contributed by atoms with Crippen molar-refractivity contribution in [2.24, 2.45) is 10.9 Å². The normalized spacial score (nSPS) is 14.6. The van der Waals surface area contributed by atoms with Gasteiger partial charge in [0.1, 0.15) is 5.82 Å². The number of Topliss-reactive ketones (excluding diaryl/α,β-unsaturated/α-hetero) is 1. The SMILES string of the molecule is CC(C)c1cc(NC(=O)N2CCC(C(=O)C(=Nc3ccc(F)c(Br)c3)NO)CC2)ccc1C#N. The van der Waals surface area contributed by atoms with Crippen LogP contribution in [-0.4, -0.2) is 40.8 Å². The summed E-state index contributed by atoms with van der Waals surface area (Å²) in [6.07, 6.45) is 0.815. The molecule has 0 atom stereocenters. The Hall–Kier alpha value is -3.29. The number of piperidine rings is 1. The van der Waals surface area contributed by atoms with Gasteiger partial charge >= 0.3 is 6.03 Å². The molecule has 8 nitrogen and oxygen atoms in total. The van der Waals surface area contributed by atoms with E-state index in [2.05, 4.69) is 32.3 Å². The molecule has 0 bridgehead atoms. The molecule has 0 unspecified atom stereocenters. The molecule has 10 heteroatoms. The van der Waals surface area contributed by atoms with E-state index >= 15 is 0 Å². The lowest BCUT2D eigenvalue weighted by Gasteiger charge is -2.31. The van der Waals surface area contributed by atoms with Crippen LogP contribution in [-0.2, 0) is 4.79 Å². The van der Waals surface area contributed by atoms with Gasteiger partial charge in [0.15, 0.2) is 5.84 Å². The second-order valence-corrected chi connectivity index (χ2v) is 9.15. The van der Waals surface area contributed by atoms with E-state index in [0.29, 0.717) is 42.9 Å². The third-order valence-corrected chi connectivity index (χ3v) is 6.29. The molecular weight excluding hydrogens is 505 g/mol. The molecule has 1 aliphatic heterocycles. The predicted octanol–water partition coefficient (Wildman–Crippen LogP) is 5.11. The molecule has 0 aromatic heterocycles. The first-order valence-corrected chi connectivity index (χ1v) is 11.6. The van der Waals surface area contributed by atoms with Gasteiger partial charge in [-0.2, -0.15) is 5.26 Å². The quantitative estimate of drug-likeness (QED) is 0.282. The molecule has 1 aliphatic rings. The predicted molar refractivity (Wildman–Crippen MR) is 130 cm³/mol. The van der Waals surface area contributed by atoms with Crippen molar-refractivity contribution in [3.63, 3.8) is 0 Å². The number of amides is 2. The van der Waals surface area contributed by atoms with Crippen molar-refractivity contribution in [3.05, 3.63) is 57.8 Å². The number of nitriles is 1. The van der Waals surface area contributed by atoms with Gasteiger partial charge in [0, 0.05) is 24.7 Å². The van der Waals surface area contributed by atoms with Crippen LogP contribution in [0.15, 0.2) is 45.9 Å². The van der Waals surface area contributed by atoms with E-state index < -0.39 is 11.7 Å². The van der Waals surface area contributed by atoms with Gasteiger partial charge in [0.25, 0.3) is 0 Å². The van der Waals surface area contributed by atoms with Gasteiger partial charge in [0.05, 0.1) is 21.8 Å². The van der Waals surface area contributed by atoms with Crippen LogP contribution in [0.5, 0.6) is 0 Å². The Balaban J connectivity index is 1.62. The highest BCUT2D eigenvalue weighted by Gasteiger charge is 2.30. The number of hydroxylamine groups is 1. The zero-order valence-electron chi connectivity index (χ0n) is 18.8. The van der Waals surface area contributed by atoms with Gasteiger partial charge in [-0.05, 0) is 76.7 Å². The first-order valence-electron chi connectivity index (χ1n) is 10.8. The number of likely N-dealkylation sites (tertiary alicyclic amines) is 1. The molecule has 2 amide bonds. The summed E-state index contributed by atoms with van der Waals surface area (Å²) in [5.74, 6) is -1.36. The number of hydrogen-bond acceptors (Lipinski definition) is 5. The van der Waals surface area contributed by atoms with Gasteiger partial charge < -0.3 is 10.2 Å². The number of aliphatic imine (C=N–C) groups is 1. The lowest BCUT2D eigenvalue weighted by molar-refractivity contribution is -0.118. The third-order valence-electron chi connectivity index (χ3n) is 5.68. The molecule has 0 saturated carbocycles. The van der Waals surface area contributed by atoms with Crippen molar-refractivity contribution >= 4 is 45.0 Å². The first-order chi connectivity index (χ1) is 16.2. The second kappa shape index (κ2) is 11.2. The zero-order valence-corrected chi connectivity index (χ0v) is 20.4. The molecule has 2 aromatic carbocycles. The maximum atomic E-state index is 13.4. The molecule has 1 fully saturated rings. The Morgan fingerprint density at radius 1 is 1.24 bits per heavy atom. The van der Waals surface area contributed by atoms with Crippen molar-refractivity contribution in [2.45, 2.75) is 32.6 Å². The van der Waals surface area contributed by atoms with E-state index in [1.165, 1.54) is 18.2 Å². The summed E-state index contributed by atoms with van der Waals surface area (Å²) in [4.78, 5) is 31.3. The number of amidine groups is 1. The second-order valence-electron chi connectivity index (χ2n) is 8.29. The van der Waals surface area contributed by atoms with Crippen molar-refractivity contribution < 1.29 is 19.2 Å². The van der Waals surface area contributed by atoms with Crippen molar-refractivity contribution in [2.75, 3.05) is 18.4 Å². The van der Waals surface area contributed by atoms with Crippen LogP contribution in [0.1, 0.15) is 43.7 Å². The maximum Gasteiger partial charge on any atom is 0.321 e. The number of carbonyl (C=O) groups excluding carboxylic acids is 2. The van der Waals surface area contributed by atoms with Gasteiger partial charge in [-0.15, -0.1) is 0 Å². The highest BCUT2D eigenvalue weighted by Crippen LogP contribution is 2.25. The van der Waals surface area contributed by atoms with Gasteiger partial charge in [0.2, 0.25) is 5.78 Å². The minimum absolute atomic E-state index is 0.139. The number of urea groups is 1. The van der Waals surface area contributed by atoms with Gasteiger partial charge in [-0.1, -0.05) is 13.8 Å². The van der Waals surface area contributed by atoms with Crippen LogP contribution in [0.4, 0.5) is 20.6 Å². The fraction of sp³-hybridized carbons (Fsp3) is 0.333. The number of rotatable bonds is 5. The minimum Gasteiger partial charge on any atom is -0.324 e. The Morgan fingerprint density at radius 3 is 2.53 bits per heavy atom. The van der Waals surface area contributed by atoms with Crippen molar-refractivity contribution in [1.29, 1.82) is 5.26 Å². The molecule has 0 spiro atoms. The van der Waals surface area contributed by atoms with Crippen LogP contribution in [0, 0.1) is 23.1 Å². The van der Waals surface area contributed by atoms with Crippen LogP contribution in [0.3, 0.4) is 0 Å². The summed E-state index contributed by atoms with van der Waals surface area (Å²) in [6.45, 7) is 4.68. The Labute approximate surface area is 205 Å². The van der Waals surface area contributed by atoms with E-state index in [1.807, 2.05) is 19.3 Å². The Morgan fingerprint density at radius 2 is 1.94 bits per heavy atom. The van der Waals surface area contributed by atoms with E-state index in [4.69, 9.17) is 0 Å². The molecule has 1 saturated heterocycles. The third kappa shape index (κ3) is 5.98. The molecule has 3 rings (SSSR count). The van der Waals surface area contributed by atoms with Gasteiger partial charge in [-0.25, -0.2) is 19.7 Å². The summed E-state index contributed by atoms with van der Waals surface area (Å²) in [5, 5.41) is 21.6. The number of benzene rings is 2. The average Bonchev–Trinajstić information content (AvgIpc) is 2.84. The van der Waals surface area contributed by atoms with Crippen LogP contribution in [0.2, 0.25) is 0 Å². The topological polar surface area (TPSA) is 118 Å². The number of anilines is 1. The fourth-order valence-electron chi connectivity index (χ4n) is 3.78. The molecule has 178 valence electrons. The van der Waals surface area contributed by atoms with Crippen LogP contribution in [0.25, 0.3) is 0 Å². The number of halogens is 2. The molecule has 34 heavy (non-hydrogen) atoms. The summed E-state index contributed by atoms with van der Waals surface area (Å²) in [6, 6.07) is 11.1. The number of hydrogen-bond donors (Lipinski definition) is 3.